The lowest BCUT2D eigenvalue weighted by Gasteiger charge is -2.07. The predicted molar refractivity (Wildman–Crippen MR) is 45.2 cm³/mol. The van der Waals surface area contributed by atoms with Crippen LogP contribution in [0.4, 0.5) is 17.6 Å². The van der Waals surface area contributed by atoms with Crippen LogP contribution in [0, 0.1) is 5.95 Å². The maximum Gasteiger partial charge on any atom is 0.433 e. The molecule has 0 atom stereocenters. The number of pyridine rings is 1. The van der Waals surface area contributed by atoms with E-state index < -0.39 is 29.4 Å². The van der Waals surface area contributed by atoms with Crippen LogP contribution in [-0.4, -0.2) is 17.6 Å². The minimum atomic E-state index is -4.80. The van der Waals surface area contributed by atoms with Crippen LogP contribution in [0.3, 0.4) is 0 Å². The molecule has 0 saturated carbocycles. The van der Waals surface area contributed by atoms with Crippen molar-refractivity contribution >= 4 is 5.97 Å². The van der Waals surface area contributed by atoms with Gasteiger partial charge >= 0.3 is 12.1 Å². The molecule has 1 aromatic rings. The summed E-state index contributed by atoms with van der Waals surface area (Å²) < 4.78 is 53.8. The van der Waals surface area contributed by atoms with Gasteiger partial charge in [0.25, 0.3) is 0 Å². The van der Waals surface area contributed by atoms with Crippen molar-refractivity contribution in [2.24, 2.45) is 0 Å². The van der Waals surface area contributed by atoms with Gasteiger partial charge in [-0.2, -0.15) is 17.6 Å². The van der Waals surface area contributed by atoms with Crippen molar-refractivity contribution in [3.8, 4) is 0 Å². The van der Waals surface area contributed by atoms with Gasteiger partial charge in [-0.1, -0.05) is 0 Å². The van der Waals surface area contributed by atoms with Crippen LogP contribution in [0.2, 0.25) is 0 Å². The van der Waals surface area contributed by atoms with Gasteiger partial charge in [0.15, 0.2) is 0 Å². The topological polar surface area (TPSA) is 39.2 Å². The van der Waals surface area contributed by atoms with Gasteiger partial charge < -0.3 is 4.74 Å². The van der Waals surface area contributed by atoms with Gasteiger partial charge in [-0.05, 0) is 13.0 Å². The van der Waals surface area contributed by atoms with Crippen LogP contribution in [-0.2, 0) is 10.9 Å². The van der Waals surface area contributed by atoms with Crippen LogP contribution < -0.4 is 0 Å². The van der Waals surface area contributed by atoms with E-state index in [1.165, 1.54) is 6.92 Å². The molecule has 1 aromatic heterocycles. The number of nitrogens with zero attached hydrogens (tertiary/aromatic N) is 1. The number of ether oxygens (including phenoxy) is 1. The number of esters is 1. The van der Waals surface area contributed by atoms with Crippen molar-refractivity contribution in [2.75, 3.05) is 6.61 Å². The molecule has 3 nitrogen and oxygen atoms in total. The normalized spacial score (nSPS) is 11.3. The summed E-state index contributed by atoms with van der Waals surface area (Å²) in [5.74, 6) is -2.40. The second-order valence-electron chi connectivity index (χ2n) is 2.78. The third-order valence-electron chi connectivity index (χ3n) is 1.60. The molecule has 0 N–H and O–H groups in total. The van der Waals surface area contributed by atoms with Gasteiger partial charge in [0.1, 0.15) is 5.69 Å². The zero-order valence-corrected chi connectivity index (χ0v) is 8.14. The first-order valence-electron chi connectivity index (χ1n) is 4.26. The van der Waals surface area contributed by atoms with Crippen LogP contribution in [0.25, 0.3) is 0 Å². The van der Waals surface area contributed by atoms with Gasteiger partial charge in [0.2, 0.25) is 5.95 Å². The molecule has 0 aliphatic heterocycles. The van der Waals surface area contributed by atoms with Crippen molar-refractivity contribution in [3.05, 3.63) is 29.3 Å². The predicted octanol–water partition coefficient (Wildman–Crippen LogP) is 2.42. The number of aromatic nitrogens is 1. The quantitative estimate of drug-likeness (QED) is 0.450. The molecule has 0 bridgehead atoms. The van der Waals surface area contributed by atoms with Gasteiger partial charge in [-0.25, -0.2) is 9.78 Å². The minimum absolute atomic E-state index is 0.00980. The highest BCUT2D eigenvalue weighted by atomic mass is 19.4. The molecule has 0 unspecified atom stereocenters. The zero-order chi connectivity index (χ0) is 12.3. The molecule has 0 fully saturated rings. The van der Waals surface area contributed by atoms with E-state index >= 15 is 0 Å². The summed E-state index contributed by atoms with van der Waals surface area (Å²) in [6, 6.07) is 1.04. The zero-order valence-electron chi connectivity index (χ0n) is 8.14. The van der Waals surface area contributed by atoms with Crippen LogP contribution in [0.1, 0.15) is 23.0 Å². The van der Waals surface area contributed by atoms with Crippen LogP contribution in [0.5, 0.6) is 0 Å². The fourth-order valence-electron chi connectivity index (χ4n) is 0.974. The molecule has 1 heterocycles. The van der Waals surface area contributed by atoms with Crippen molar-refractivity contribution < 1.29 is 27.1 Å². The molecule has 16 heavy (non-hydrogen) atoms. The van der Waals surface area contributed by atoms with E-state index in [1.807, 2.05) is 0 Å². The van der Waals surface area contributed by atoms with Crippen molar-refractivity contribution in [1.29, 1.82) is 0 Å². The summed E-state index contributed by atoms with van der Waals surface area (Å²) in [5.41, 5.74) is -1.97. The molecule has 1 rings (SSSR count). The van der Waals surface area contributed by atoms with E-state index in [9.17, 15) is 22.4 Å². The SMILES string of the molecule is CCOC(=O)c1cc(F)nc(C(F)(F)F)c1. The highest BCUT2D eigenvalue weighted by Gasteiger charge is 2.34. The number of carbonyl (C=O) groups excluding carboxylic acids is 1. The first kappa shape index (κ1) is 12.4. The molecular weight excluding hydrogens is 230 g/mol. The monoisotopic (exact) mass is 237 g/mol. The number of carbonyl (C=O) groups is 1. The Morgan fingerprint density at radius 3 is 2.56 bits per heavy atom. The van der Waals surface area contributed by atoms with Gasteiger partial charge in [-0.15, -0.1) is 0 Å². The summed E-state index contributed by atoms with van der Waals surface area (Å²) in [5, 5.41) is 0. The summed E-state index contributed by atoms with van der Waals surface area (Å²) in [7, 11) is 0. The smallest absolute Gasteiger partial charge is 0.433 e. The third-order valence-corrected chi connectivity index (χ3v) is 1.60. The molecule has 0 saturated heterocycles. The minimum Gasteiger partial charge on any atom is -0.462 e. The molecule has 7 heteroatoms. The number of halogens is 4. The summed E-state index contributed by atoms with van der Waals surface area (Å²) in [4.78, 5) is 13.7. The number of rotatable bonds is 2. The van der Waals surface area contributed by atoms with Gasteiger partial charge in [-0.3, -0.25) is 0 Å². The van der Waals surface area contributed by atoms with Crippen LogP contribution in [0.15, 0.2) is 12.1 Å². The Kier molecular flexibility index (Phi) is 3.46. The maximum atomic E-state index is 12.7. The molecule has 0 radical (unpaired) electrons. The lowest BCUT2D eigenvalue weighted by Crippen LogP contribution is -2.13. The van der Waals surface area contributed by atoms with E-state index in [-0.39, 0.29) is 6.61 Å². The number of hydrogen-bond donors (Lipinski definition) is 0. The molecule has 88 valence electrons. The number of hydrogen-bond acceptors (Lipinski definition) is 3. The van der Waals surface area contributed by atoms with Crippen molar-refractivity contribution in [1.82, 2.24) is 4.98 Å². The second-order valence-corrected chi connectivity index (χ2v) is 2.78. The highest BCUT2D eigenvalue weighted by Crippen LogP contribution is 2.28. The Morgan fingerprint density at radius 1 is 1.44 bits per heavy atom. The molecule has 0 amide bonds. The molecule has 0 aliphatic rings. The summed E-state index contributed by atoms with van der Waals surface area (Å²) >= 11 is 0. The fourth-order valence-corrected chi connectivity index (χ4v) is 0.974. The van der Waals surface area contributed by atoms with Crippen molar-refractivity contribution in [2.45, 2.75) is 13.1 Å². The Morgan fingerprint density at radius 2 is 2.06 bits per heavy atom. The van der Waals surface area contributed by atoms with E-state index in [0.29, 0.717) is 12.1 Å². The summed E-state index contributed by atoms with van der Waals surface area (Å²) in [6.45, 7) is 1.48. The van der Waals surface area contributed by atoms with E-state index in [1.54, 1.807) is 0 Å². The fraction of sp³-hybridized carbons (Fsp3) is 0.333. The molecule has 0 aliphatic carbocycles. The van der Waals surface area contributed by atoms with E-state index in [2.05, 4.69) is 9.72 Å². The average Bonchev–Trinajstić information content (AvgIpc) is 2.16. The third kappa shape index (κ3) is 2.91. The lowest BCUT2D eigenvalue weighted by atomic mass is 10.2. The van der Waals surface area contributed by atoms with Crippen LogP contribution >= 0.6 is 0 Å². The largest absolute Gasteiger partial charge is 0.462 e. The van der Waals surface area contributed by atoms with Gasteiger partial charge in [0, 0.05) is 6.07 Å². The van der Waals surface area contributed by atoms with Crippen molar-refractivity contribution in [3.63, 3.8) is 0 Å². The van der Waals surface area contributed by atoms with E-state index in [0.717, 1.165) is 0 Å². The summed E-state index contributed by atoms with van der Waals surface area (Å²) in [6.07, 6.45) is -4.80. The lowest BCUT2D eigenvalue weighted by molar-refractivity contribution is -0.141. The highest BCUT2D eigenvalue weighted by molar-refractivity contribution is 5.89. The van der Waals surface area contributed by atoms with E-state index in [4.69, 9.17) is 0 Å². The Hall–Kier alpha value is -1.66. The average molecular weight is 237 g/mol. The molecule has 0 aromatic carbocycles. The standard InChI is InChI=1S/C9H7F4NO2/c1-2-16-8(15)5-3-6(9(11,12)13)14-7(10)4-5/h3-4H,2H2,1H3. The Bertz CT molecular complexity index is 403. The Labute approximate surface area is 88.0 Å². The Balaban J connectivity index is 3.13. The maximum absolute atomic E-state index is 12.7. The first-order valence-corrected chi connectivity index (χ1v) is 4.26. The second kappa shape index (κ2) is 4.46. The number of alkyl halides is 3. The van der Waals surface area contributed by atoms with Gasteiger partial charge in [0.05, 0.1) is 12.2 Å². The molecule has 0 spiro atoms. The first-order chi connectivity index (χ1) is 7.34. The molecular formula is C9H7F4NO2.